The van der Waals surface area contributed by atoms with Crippen molar-refractivity contribution in [2.75, 3.05) is 13.1 Å². The first kappa shape index (κ1) is 28.1. The molecule has 6 rings (SSSR count). The molecule has 2 amide bonds. The predicted molar refractivity (Wildman–Crippen MR) is 154 cm³/mol. The molecule has 3 aromatic rings. The standard InChI is InChI=1S/C33H34F2N4O3/c1-21-7-12-30(32(40)37-21)39-19-24-16-25(9-10-26(24)33(39)41)42-31-20-38(18-23-8-11-27(34)28(35)15-23)14-13-29(31)36-17-22-5-3-2-4-6-22/h2-6,8-11,15-16,29-31,36H,1,7,12-14,17-20H2,(H,37,40). The summed E-state index contributed by atoms with van der Waals surface area (Å²) in [7, 11) is 0. The number of rotatable bonds is 8. The molecule has 3 aliphatic rings. The number of carbonyl (C=O) groups is 2. The Morgan fingerprint density at radius 3 is 2.60 bits per heavy atom. The largest absolute Gasteiger partial charge is 0.487 e. The first-order valence-electron chi connectivity index (χ1n) is 14.4. The van der Waals surface area contributed by atoms with E-state index in [1.165, 1.54) is 11.6 Å². The molecule has 2 N–H and O–H groups in total. The van der Waals surface area contributed by atoms with Crippen molar-refractivity contribution in [2.45, 2.75) is 57.1 Å². The van der Waals surface area contributed by atoms with Crippen LogP contribution in [0.1, 0.15) is 46.3 Å². The van der Waals surface area contributed by atoms with Crippen LogP contribution in [-0.4, -0.2) is 52.9 Å². The Labute approximate surface area is 244 Å². The van der Waals surface area contributed by atoms with Crippen LogP contribution in [0.15, 0.2) is 79.0 Å². The summed E-state index contributed by atoms with van der Waals surface area (Å²) in [4.78, 5) is 29.6. The van der Waals surface area contributed by atoms with Gasteiger partial charge in [-0.1, -0.05) is 43.0 Å². The van der Waals surface area contributed by atoms with Crippen LogP contribution in [0.4, 0.5) is 8.78 Å². The van der Waals surface area contributed by atoms with Gasteiger partial charge in [0.05, 0.1) is 0 Å². The number of likely N-dealkylation sites (tertiary alicyclic amines) is 1. The van der Waals surface area contributed by atoms with Crippen LogP contribution in [0.25, 0.3) is 0 Å². The third-order valence-electron chi connectivity index (χ3n) is 8.34. The maximum Gasteiger partial charge on any atom is 0.255 e. The summed E-state index contributed by atoms with van der Waals surface area (Å²) in [5.41, 5.74) is 3.97. The topological polar surface area (TPSA) is 73.9 Å². The number of nitrogens with zero attached hydrogens (tertiary/aromatic N) is 2. The summed E-state index contributed by atoms with van der Waals surface area (Å²) in [6, 6.07) is 19.2. The molecule has 218 valence electrons. The van der Waals surface area contributed by atoms with Crippen LogP contribution >= 0.6 is 0 Å². The Morgan fingerprint density at radius 1 is 0.976 bits per heavy atom. The normalized spacial score (nSPS) is 22.7. The van der Waals surface area contributed by atoms with Crippen LogP contribution in [0.3, 0.4) is 0 Å². The van der Waals surface area contributed by atoms with E-state index in [1.54, 1.807) is 17.0 Å². The third kappa shape index (κ3) is 6.07. The second kappa shape index (κ2) is 12.0. The van der Waals surface area contributed by atoms with Gasteiger partial charge in [-0.15, -0.1) is 0 Å². The number of piperidine rings is 2. The summed E-state index contributed by atoms with van der Waals surface area (Å²) in [5, 5.41) is 6.42. The highest BCUT2D eigenvalue weighted by molar-refractivity contribution is 6.01. The Morgan fingerprint density at radius 2 is 1.81 bits per heavy atom. The predicted octanol–water partition coefficient (Wildman–Crippen LogP) is 4.52. The summed E-state index contributed by atoms with van der Waals surface area (Å²) in [5.74, 6) is -1.40. The Hall–Kier alpha value is -4.08. The van der Waals surface area contributed by atoms with Gasteiger partial charge in [0.2, 0.25) is 5.91 Å². The van der Waals surface area contributed by atoms with Crippen molar-refractivity contribution >= 4 is 11.8 Å². The molecule has 0 radical (unpaired) electrons. The second-order valence-corrected chi connectivity index (χ2v) is 11.3. The molecule has 3 aromatic carbocycles. The van der Waals surface area contributed by atoms with Gasteiger partial charge >= 0.3 is 0 Å². The number of halogens is 2. The van der Waals surface area contributed by atoms with Crippen LogP contribution in [-0.2, 0) is 24.4 Å². The van der Waals surface area contributed by atoms with Gasteiger partial charge in [-0.25, -0.2) is 8.78 Å². The molecule has 3 heterocycles. The van der Waals surface area contributed by atoms with E-state index < -0.39 is 17.7 Å². The fourth-order valence-electron chi connectivity index (χ4n) is 6.10. The number of hydrogen-bond acceptors (Lipinski definition) is 5. The number of benzene rings is 3. The van der Waals surface area contributed by atoms with Gasteiger partial charge in [-0.3, -0.25) is 14.5 Å². The molecule has 0 bridgehead atoms. The van der Waals surface area contributed by atoms with Crippen molar-refractivity contribution in [3.63, 3.8) is 0 Å². The highest BCUT2D eigenvalue weighted by Gasteiger charge is 2.38. The molecule has 3 aliphatic heterocycles. The second-order valence-electron chi connectivity index (χ2n) is 11.3. The van der Waals surface area contributed by atoms with E-state index in [9.17, 15) is 18.4 Å². The van der Waals surface area contributed by atoms with Crippen LogP contribution in [0, 0.1) is 11.6 Å². The minimum Gasteiger partial charge on any atom is -0.487 e. The van der Waals surface area contributed by atoms with Gasteiger partial charge < -0.3 is 20.3 Å². The molecular formula is C33H34F2N4O3. The quantitative estimate of drug-likeness (QED) is 0.415. The SMILES string of the molecule is C=C1CCC(N2Cc3cc(OC4CN(Cc5ccc(F)c(F)c5)CCC4NCc4ccccc4)ccc3C2=O)C(=O)N1. The van der Waals surface area contributed by atoms with Crippen molar-refractivity contribution < 1.29 is 23.1 Å². The first-order valence-corrected chi connectivity index (χ1v) is 14.4. The lowest BCUT2D eigenvalue weighted by molar-refractivity contribution is -0.126. The first-order chi connectivity index (χ1) is 20.3. The third-order valence-corrected chi connectivity index (χ3v) is 8.34. The lowest BCUT2D eigenvalue weighted by atomic mass is 10.00. The molecule has 0 aliphatic carbocycles. The number of ether oxygens (including phenoxy) is 1. The molecule has 0 aromatic heterocycles. The van der Waals surface area contributed by atoms with Gasteiger partial charge in [0.1, 0.15) is 17.9 Å². The minimum atomic E-state index is -0.855. The molecule has 42 heavy (non-hydrogen) atoms. The van der Waals surface area contributed by atoms with Crippen LogP contribution in [0.2, 0.25) is 0 Å². The van der Waals surface area contributed by atoms with Crippen molar-refractivity contribution in [1.82, 2.24) is 20.4 Å². The molecule has 3 atom stereocenters. The zero-order chi connectivity index (χ0) is 29.2. The van der Waals surface area contributed by atoms with E-state index in [0.717, 1.165) is 24.6 Å². The molecule has 0 spiro atoms. The monoisotopic (exact) mass is 572 g/mol. The maximum atomic E-state index is 13.9. The zero-order valence-electron chi connectivity index (χ0n) is 23.3. The van der Waals surface area contributed by atoms with Crippen molar-refractivity contribution in [3.8, 4) is 5.75 Å². The zero-order valence-corrected chi connectivity index (χ0v) is 23.3. The Kier molecular flexibility index (Phi) is 8.04. The number of amides is 2. The number of carbonyl (C=O) groups excluding carboxylic acids is 2. The average molecular weight is 573 g/mol. The summed E-state index contributed by atoms with van der Waals surface area (Å²) in [6.07, 6.45) is 1.78. The molecule has 0 saturated carbocycles. The van der Waals surface area contributed by atoms with Gasteiger partial charge in [0.15, 0.2) is 11.6 Å². The Bertz CT molecular complexity index is 1500. The highest BCUT2D eigenvalue weighted by Crippen LogP contribution is 2.32. The average Bonchev–Trinajstić information content (AvgIpc) is 3.30. The van der Waals surface area contributed by atoms with E-state index in [4.69, 9.17) is 4.74 Å². The molecule has 3 unspecified atom stereocenters. The maximum absolute atomic E-state index is 13.9. The summed E-state index contributed by atoms with van der Waals surface area (Å²) >= 11 is 0. The molecule has 9 heteroatoms. The molecular weight excluding hydrogens is 538 g/mol. The van der Waals surface area contributed by atoms with E-state index in [-0.39, 0.29) is 24.0 Å². The van der Waals surface area contributed by atoms with E-state index in [2.05, 4.69) is 34.2 Å². The van der Waals surface area contributed by atoms with E-state index in [1.807, 2.05) is 30.3 Å². The van der Waals surface area contributed by atoms with Gasteiger partial charge in [0, 0.05) is 50.0 Å². The van der Waals surface area contributed by atoms with Crippen molar-refractivity contribution in [3.05, 3.63) is 113 Å². The summed E-state index contributed by atoms with van der Waals surface area (Å²) < 4.78 is 33.9. The lowest BCUT2D eigenvalue weighted by Crippen LogP contribution is -2.54. The van der Waals surface area contributed by atoms with Gasteiger partial charge in [-0.2, -0.15) is 0 Å². The summed E-state index contributed by atoms with van der Waals surface area (Å²) in [6.45, 7) is 6.70. The number of fused-ring (bicyclic) bond motifs is 1. The fourth-order valence-corrected chi connectivity index (χ4v) is 6.10. The Balaban J connectivity index is 1.17. The van der Waals surface area contributed by atoms with Crippen LogP contribution < -0.4 is 15.4 Å². The van der Waals surface area contributed by atoms with Crippen LogP contribution in [0.5, 0.6) is 5.75 Å². The van der Waals surface area contributed by atoms with E-state index in [0.29, 0.717) is 61.6 Å². The van der Waals surface area contributed by atoms with Crippen molar-refractivity contribution in [1.29, 1.82) is 0 Å². The van der Waals surface area contributed by atoms with E-state index >= 15 is 0 Å². The minimum absolute atomic E-state index is 0.0526. The van der Waals surface area contributed by atoms with Gasteiger partial charge in [-0.05, 0) is 66.3 Å². The van der Waals surface area contributed by atoms with Crippen molar-refractivity contribution in [2.24, 2.45) is 0 Å². The molecule has 2 fully saturated rings. The number of hydrogen-bond donors (Lipinski definition) is 2. The van der Waals surface area contributed by atoms with Gasteiger partial charge in [0.25, 0.3) is 5.91 Å². The highest BCUT2D eigenvalue weighted by atomic mass is 19.2. The fraction of sp³-hybridized carbons (Fsp3) is 0.333. The molecule has 7 nitrogen and oxygen atoms in total. The number of allylic oxidation sites excluding steroid dienone is 1. The molecule has 2 saturated heterocycles. The lowest BCUT2D eigenvalue weighted by Gasteiger charge is -2.39. The number of nitrogens with one attached hydrogen (secondary N) is 2. The smallest absolute Gasteiger partial charge is 0.255 e.